The number of likely N-dealkylation sites (tertiary alicyclic amines) is 1. The molecule has 3 aromatic rings. The van der Waals surface area contributed by atoms with E-state index in [0.29, 0.717) is 17.3 Å². The fraction of sp³-hybridized carbons (Fsp3) is 0.300. The molecule has 4 rings (SSSR count). The molecule has 1 atom stereocenters. The molecule has 1 unspecified atom stereocenters. The summed E-state index contributed by atoms with van der Waals surface area (Å²) in [4.78, 5) is 19.4. The van der Waals surface area contributed by atoms with E-state index in [0.717, 1.165) is 29.4 Å². The highest BCUT2D eigenvalue weighted by Crippen LogP contribution is 2.26. The highest BCUT2D eigenvalue weighted by atomic mass is 35.5. The number of amides is 1. The van der Waals surface area contributed by atoms with Crippen molar-refractivity contribution in [1.82, 2.24) is 15.2 Å². The Labute approximate surface area is 167 Å². The number of nitrogens with zero attached hydrogens (tertiary/aromatic N) is 2. The largest absolute Gasteiger partial charge is 0.468 e. The van der Waals surface area contributed by atoms with Crippen LogP contribution in [0, 0.1) is 0 Å². The first-order chi connectivity index (χ1) is 13.2. The number of carbonyl (C=O) groups excluding carboxylic acids is 1. The molecule has 7 heteroatoms. The molecule has 1 aliphatic rings. The van der Waals surface area contributed by atoms with Crippen LogP contribution in [0.1, 0.15) is 35.1 Å². The Morgan fingerprint density at radius 3 is 2.74 bits per heavy atom. The van der Waals surface area contributed by atoms with Gasteiger partial charge in [-0.1, -0.05) is 23.7 Å². The van der Waals surface area contributed by atoms with Crippen molar-refractivity contribution in [2.45, 2.75) is 18.9 Å². The van der Waals surface area contributed by atoms with E-state index >= 15 is 0 Å². The van der Waals surface area contributed by atoms with Gasteiger partial charge in [0.15, 0.2) is 0 Å². The van der Waals surface area contributed by atoms with E-state index in [1.165, 1.54) is 24.2 Å². The van der Waals surface area contributed by atoms with Crippen LogP contribution in [0.25, 0.3) is 10.6 Å². The summed E-state index contributed by atoms with van der Waals surface area (Å²) in [5.41, 5.74) is 1.39. The fourth-order valence-corrected chi connectivity index (χ4v) is 4.26. The van der Waals surface area contributed by atoms with Crippen LogP contribution >= 0.6 is 22.9 Å². The van der Waals surface area contributed by atoms with Gasteiger partial charge in [0.2, 0.25) is 0 Å². The van der Waals surface area contributed by atoms with Gasteiger partial charge in [0, 0.05) is 22.5 Å². The number of rotatable bonds is 6. The normalized spacial score (nSPS) is 15.7. The number of carbonyl (C=O) groups is 1. The molecule has 1 fully saturated rings. The molecule has 1 saturated heterocycles. The van der Waals surface area contributed by atoms with Gasteiger partial charge >= 0.3 is 0 Å². The Kier molecular flexibility index (Phi) is 5.57. The maximum Gasteiger partial charge on any atom is 0.270 e. The Balaban J connectivity index is 1.43. The molecule has 27 heavy (non-hydrogen) atoms. The van der Waals surface area contributed by atoms with Crippen molar-refractivity contribution in [2.75, 3.05) is 19.6 Å². The van der Waals surface area contributed by atoms with Gasteiger partial charge in [-0.3, -0.25) is 9.69 Å². The van der Waals surface area contributed by atoms with Gasteiger partial charge in [0.1, 0.15) is 16.5 Å². The Morgan fingerprint density at radius 1 is 1.26 bits per heavy atom. The molecular formula is C20H20ClN3O2S. The van der Waals surface area contributed by atoms with Crippen molar-refractivity contribution >= 4 is 28.8 Å². The van der Waals surface area contributed by atoms with Crippen LogP contribution in [0.4, 0.5) is 0 Å². The molecule has 0 spiro atoms. The van der Waals surface area contributed by atoms with Crippen LogP contribution in [0.15, 0.2) is 52.5 Å². The standard InChI is InChI=1S/C20H20ClN3O2S/c21-15-7-5-14(6-8-15)20-23-16(13-27-20)19(25)22-12-17(18-4-3-11-26-18)24-9-1-2-10-24/h3-8,11,13,17H,1-2,9-10,12H2,(H,22,25). The summed E-state index contributed by atoms with van der Waals surface area (Å²) in [6, 6.07) is 11.4. The molecule has 1 amide bonds. The van der Waals surface area contributed by atoms with Gasteiger partial charge in [-0.15, -0.1) is 11.3 Å². The summed E-state index contributed by atoms with van der Waals surface area (Å²) in [5, 5.41) is 6.29. The number of halogens is 1. The number of hydrogen-bond acceptors (Lipinski definition) is 5. The van der Waals surface area contributed by atoms with Crippen LogP contribution in [0.3, 0.4) is 0 Å². The monoisotopic (exact) mass is 401 g/mol. The molecule has 3 heterocycles. The Bertz CT molecular complexity index is 886. The predicted octanol–water partition coefficient (Wildman–Crippen LogP) is 4.62. The summed E-state index contributed by atoms with van der Waals surface area (Å²) >= 11 is 7.38. The Hall–Kier alpha value is -2.15. The smallest absolute Gasteiger partial charge is 0.270 e. The third-order valence-electron chi connectivity index (χ3n) is 4.74. The minimum Gasteiger partial charge on any atom is -0.468 e. The summed E-state index contributed by atoms with van der Waals surface area (Å²) in [6.45, 7) is 2.55. The molecule has 0 saturated carbocycles. The molecule has 0 aliphatic carbocycles. The van der Waals surface area contributed by atoms with Crippen molar-refractivity contribution in [3.05, 3.63) is 64.5 Å². The van der Waals surface area contributed by atoms with Crippen molar-refractivity contribution in [2.24, 2.45) is 0 Å². The van der Waals surface area contributed by atoms with E-state index in [4.69, 9.17) is 16.0 Å². The van der Waals surface area contributed by atoms with Crippen molar-refractivity contribution < 1.29 is 9.21 Å². The lowest BCUT2D eigenvalue weighted by molar-refractivity contribution is 0.0929. The lowest BCUT2D eigenvalue weighted by Gasteiger charge is -2.25. The van der Waals surface area contributed by atoms with Gasteiger partial charge in [-0.2, -0.15) is 0 Å². The van der Waals surface area contributed by atoms with Gasteiger partial charge < -0.3 is 9.73 Å². The van der Waals surface area contributed by atoms with Gasteiger partial charge in [-0.05, 0) is 50.2 Å². The lowest BCUT2D eigenvalue weighted by Crippen LogP contribution is -2.36. The first kappa shape index (κ1) is 18.2. The summed E-state index contributed by atoms with van der Waals surface area (Å²) in [7, 11) is 0. The number of aromatic nitrogens is 1. The summed E-state index contributed by atoms with van der Waals surface area (Å²) in [6.07, 6.45) is 4.04. The van der Waals surface area contributed by atoms with Crippen molar-refractivity contribution in [3.63, 3.8) is 0 Å². The summed E-state index contributed by atoms with van der Waals surface area (Å²) in [5.74, 6) is 0.722. The predicted molar refractivity (Wildman–Crippen MR) is 107 cm³/mol. The second-order valence-electron chi connectivity index (χ2n) is 6.53. The molecule has 5 nitrogen and oxygen atoms in total. The van der Waals surface area contributed by atoms with E-state index in [1.54, 1.807) is 11.6 Å². The highest BCUT2D eigenvalue weighted by molar-refractivity contribution is 7.13. The maximum atomic E-state index is 12.6. The molecule has 1 N–H and O–H groups in total. The molecule has 0 radical (unpaired) electrons. The second kappa shape index (κ2) is 8.25. The number of furan rings is 1. The second-order valence-corrected chi connectivity index (χ2v) is 7.82. The zero-order valence-electron chi connectivity index (χ0n) is 14.7. The number of nitrogens with one attached hydrogen (secondary N) is 1. The van der Waals surface area contributed by atoms with E-state index in [9.17, 15) is 4.79 Å². The third kappa shape index (κ3) is 4.24. The molecule has 1 aliphatic heterocycles. The van der Waals surface area contributed by atoms with E-state index in [2.05, 4.69) is 15.2 Å². The van der Waals surface area contributed by atoms with Crippen LogP contribution in [-0.4, -0.2) is 35.4 Å². The van der Waals surface area contributed by atoms with Gasteiger partial charge in [0.25, 0.3) is 5.91 Å². The maximum absolute atomic E-state index is 12.6. The Morgan fingerprint density at radius 2 is 2.04 bits per heavy atom. The molecule has 140 valence electrons. The van der Waals surface area contributed by atoms with Crippen LogP contribution in [0.5, 0.6) is 0 Å². The fourth-order valence-electron chi connectivity index (χ4n) is 3.33. The van der Waals surface area contributed by atoms with Crippen LogP contribution in [-0.2, 0) is 0 Å². The first-order valence-electron chi connectivity index (χ1n) is 8.98. The molecule has 2 aromatic heterocycles. The van der Waals surface area contributed by atoms with Crippen LogP contribution in [0.2, 0.25) is 5.02 Å². The molecular weight excluding hydrogens is 382 g/mol. The minimum absolute atomic E-state index is 0.0563. The number of benzene rings is 1. The van der Waals surface area contributed by atoms with E-state index < -0.39 is 0 Å². The van der Waals surface area contributed by atoms with Gasteiger partial charge in [0.05, 0.1) is 12.3 Å². The zero-order valence-corrected chi connectivity index (χ0v) is 16.3. The average Bonchev–Trinajstić information content (AvgIpc) is 3.44. The quantitative estimate of drug-likeness (QED) is 0.654. The topological polar surface area (TPSA) is 58.4 Å². The third-order valence-corrected chi connectivity index (χ3v) is 5.88. The summed E-state index contributed by atoms with van der Waals surface area (Å²) < 4.78 is 5.60. The van der Waals surface area contributed by atoms with Gasteiger partial charge in [-0.25, -0.2) is 4.98 Å². The minimum atomic E-state index is -0.165. The zero-order chi connectivity index (χ0) is 18.6. The molecule has 1 aromatic carbocycles. The lowest BCUT2D eigenvalue weighted by atomic mass is 10.2. The van der Waals surface area contributed by atoms with Crippen molar-refractivity contribution in [3.8, 4) is 10.6 Å². The SMILES string of the molecule is O=C(NCC(c1ccco1)N1CCCC1)c1csc(-c2ccc(Cl)cc2)n1. The first-order valence-corrected chi connectivity index (χ1v) is 10.2. The highest BCUT2D eigenvalue weighted by Gasteiger charge is 2.26. The molecule has 0 bridgehead atoms. The number of hydrogen-bond donors (Lipinski definition) is 1. The van der Waals surface area contributed by atoms with E-state index in [-0.39, 0.29) is 11.9 Å². The van der Waals surface area contributed by atoms with Crippen LogP contribution < -0.4 is 5.32 Å². The number of thiazole rings is 1. The van der Waals surface area contributed by atoms with E-state index in [1.807, 2.05) is 36.4 Å². The average molecular weight is 402 g/mol. The van der Waals surface area contributed by atoms with Crippen molar-refractivity contribution in [1.29, 1.82) is 0 Å².